The van der Waals surface area contributed by atoms with Crippen LogP contribution in [0.3, 0.4) is 0 Å². The van der Waals surface area contributed by atoms with Crippen molar-refractivity contribution in [3.05, 3.63) is 0 Å². The molecule has 2 aliphatic rings. The maximum Gasteiger partial charge on any atom is 0.334 e. The summed E-state index contributed by atoms with van der Waals surface area (Å²) in [6.45, 7) is -2.31. The van der Waals surface area contributed by atoms with E-state index in [2.05, 4.69) is 10.6 Å². The molecule has 2 heterocycles. The van der Waals surface area contributed by atoms with E-state index in [-0.39, 0.29) is 58.4 Å². The fourth-order valence-corrected chi connectivity index (χ4v) is 3.27. The van der Waals surface area contributed by atoms with Crippen LogP contribution in [0.25, 0.3) is 0 Å². The standard InChI is InChI=1S/C20H33N5O6/c1-20(2,14-13-23(3)11-12-24(14)4)19(30)22-9-7-15(26)21-10-8-18(29)31-25-16(27)5-6-17(25)28/h14H,5-13H2,1-4H3,(H,21,26)(H,22,30)/i3+1D3,4+1D3. The molecular formula is C20H33N5O6. The van der Waals surface area contributed by atoms with Gasteiger partial charge in [0.1, 0.15) is 0 Å². The first kappa shape index (κ1) is 17.1. The molecule has 174 valence electrons. The molecule has 2 saturated heterocycles. The van der Waals surface area contributed by atoms with Crippen LogP contribution in [0.5, 0.6) is 0 Å². The number of imide groups is 1. The van der Waals surface area contributed by atoms with Crippen LogP contribution in [0.4, 0.5) is 0 Å². The number of likely N-dealkylation sites (N-methyl/N-ethyl adjacent to an activating group) is 2. The first-order valence-corrected chi connectivity index (χ1v) is 10.1. The van der Waals surface area contributed by atoms with Crippen LogP contribution < -0.4 is 10.6 Å². The molecule has 31 heavy (non-hydrogen) atoms. The largest absolute Gasteiger partial charge is 0.355 e. The van der Waals surface area contributed by atoms with Gasteiger partial charge in [0.15, 0.2) is 0 Å². The van der Waals surface area contributed by atoms with E-state index in [1.165, 1.54) is 18.7 Å². The second-order valence-corrected chi connectivity index (χ2v) is 8.03. The molecule has 0 bridgehead atoms. The van der Waals surface area contributed by atoms with Gasteiger partial charge in [0, 0.05) is 66.3 Å². The van der Waals surface area contributed by atoms with Gasteiger partial charge in [0.05, 0.1) is 11.8 Å². The van der Waals surface area contributed by atoms with E-state index in [9.17, 15) is 24.0 Å². The van der Waals surface area contributed by atoms with Gasteiger partial charge in [-0.3, -0.25) is 24.1 Å². The van der Waals surface area contributed by atoms with Gasteiger partial charge < -0.3 is 20.4 Å². The predicted octanol–water partition coefficient (Wildman–Crippen LogP) is -1.12. The summed E-state index contributed by atoms with van der Waals surface area (Å²) < 4.78 is 46.4. The van der Waals surface area contributed by atoms with Gasteiger partial charge in [-0.05, 0) is 27.8 Å². The number of nitrogens with zero attached hydrogens (tertiary/aromatic N) is 3. The molecule has 0 saturated carbocycles. The first-order chi connectivity index (χ1) is 16.9. The Bertz CT molecular complexity index is 893. The fourth-order valence-electron chi connectivity index (χ4n) is 3.27. The minimum atomic E-state index is -2.53. The molecule has 2 fully saturated rings. The van der Waals surface area contributed by atoms with Gasteiger partial charge in [-0.2, -0.15) is 0 Å². The lowest BCUT2D eigenvalue weighted by molar-refractivity contribution is -0.197. The van der Waals surface area contributed by atoms with Crippen molar-refractivity contribution in [1.29, 1.82) is 0 Å². The number of carbonyl (C=O) groups is 5. The number of hydroxylamine groups is 2. The molecule has 11 nitrogen and oxygen atoms in total. The highest BCUT2D eigenvalue weighted by atomic mass is 16.7. The molecular weight excluding hydrogens is 408 g/mol. The molecule has 0 aromatic heterocycles. The summed E-state index contributed by atoms with van der Waals surface area (Å²) in [5.74, 6) is -3.12. The van der Waals surface area contributed by atoms with Gasteiger partial charge in [0.2, 0.25) is 11.8 Å². The summed E-state index contributed by atoms with van der Waals surface area (Å²) in [5.41, 5.74) is -1.30. The molecule has 2 rings (SSSR count). The molecule has 0 aromatic rings. The number of nitrogens with one attached hydrogen (secondary N) is 2. The highest BCUT2D eigenvalue weighted by Crippen LogP contribution is 2.27. The lowest BCUT2D eigenvalue weighted by Gasteiger charge is -2.45. The zero-order chi connectivity index (χ0) is 28.2. The Morgan fingerprint density at radius 1 is 1.06 bits per heavy atom. The molecule has 11 heteroatoms. The van der Waals surface area contributed by atoms with E-state index in [0.29, 0.717) is 5.06 Å². The van der Waals surface area contributed by atoms with Crippen molar-refractivity contribution in [1.82, 2.24) is 25.5 Å². The second kappa shape index (κ2) is 10.7. The van der Waals surface area contributed by atoms with Crippen molar-refractivity contribution >= 4 is 29.6 Å². The van der Waals surface area contributed by atoms with Crippen LogP contribution >= 0.6 is 0 Å². The first-order valence-electron chi connectivity index (χ1n) is 13.1. The molecule has 0 aromatic carbocycles. The molecule has 0 aliphatic carbocycles. The van der Waals surface area contributed by atoms with Gasteiger partial charge in [-0.15, -0.1) is 5.06 Å². The SMILES string of the molecule is [2H][13C]([2H])([2H])N1CCN([13C]([2H])([2H])[2H])C(C(C)(C)C(=O)NCCC(=O)NCCC(=O)ON2C(=O)CCC2=O)C1. The molecule has 2 N–H and O–H groups in total. The third-order valence-corrected chi connectivity index (χ3v) is 5.29. The monoisotopic (exact) mass is 447 g/mol. The average molecular weight is 448 g/mol. The Labute approximate surface area is 190 Å². The third kappa shape index (κ3) is 6.73. The normalized spacial score (nSPS) is 24.3. The highest BCUT2D eigenvalue weighted by Gasteiger charge is 2.41. The lowest BCUT2D eigenvalue weighted by Crippen LogP contribution is -2.60. The van der Waals surface area contributed by atoms with Crippen molar-refractivity contribution in [2.24, 2.45) is 5.41 Å². The van der Waals surface area contributed by atoms with E-state index in [1.807, 2.05) is 0 Å². The average Bonchev–Trinajstić information content (AvgIpc) is 3.09. The Hall–Kier alpha value is -2.53. The fraction of sp³-hybridized carbons (Fsp3) is 0.750. The van der Waals surface area contributed by atoms with Gasteiger partial charge in [-0.1, -0.05) is 0 Å². The van der Waals surface area contributed by atoms with E-state index in [1.54, 1.807) is 0 Å². The number of rotatable bonds is 9. The number of carbonyl (C=O) groups excluding carboxylic acids is 5. The maximum absolute atomic E-state index is 13.0. The summed E-state index contributed by atoms with van der Waals surface area (Å²) in [6.07, 6.45) is -0.486. The Kier molecular flexibility index (Phi) is 5.88. The Balaban J connectivity index is 1.83. The number of amides is 4. The van der Waals surface area contributed by atoms with Crippen LogP contribution in [0.2, 0.25) is 0 Å². The molecule has 2 aliphatic heterocycles. The highest BCUT2D eigenvalue weighted by molar-refractivity contribution is 6.01. The molecule has 1 atom stereocenters. The molecule has 0 spiro atoms. The van der Waals surface area contributed by atoms with Crippen LogP contribution in [0.15, 0.2) is 0 Å². The summed E-state index contributed by atoms with van der Waals surface area (Å²) in [6, 6.07) is -0.927. The predicted molar refractivity (Wildman–Crippen MR) is 110 cm³/mol. The topological polar surface area (TPSA) is 128 Å². The molecule has 0 radical (unpaired) electrons. The lowest BCUT2D eigenvalue weighted by atomic mass is 9.81. The van der Waals surface area contributed by atoms with Gasteiger partial charge in [-0.25, -0.2) is 4.79 Å². The van der Waals surface area contributed by atoms with E-state index in [0.717, 1.165) is 4.90 Å². The summed E-state index contributed by atoms with van der Waals surface area (Å²) in [7, 11) is 0. The zero-order valence-corrected chi connectivity index (χ0v) is 17.7. The van der Waals surface area contributed by atoms with E-state index < -0.39 is 55.0 Å². The Morgan fingerprint density at radius 2 is 1.74 bits per heavy atom. The zero-order valence-electron chi connectivity index (χ0n) is 23.7. The van der Waals surface area contributed by atoms with Crippen LogP contribution in [-0.4, -0.2) is 97.2 Å². The van der Waals surface area contributed by atoms with Gasteiger partial charge in [0.25, 0.3) is 11.8 Å². The summed E-state index contributed by atoms with van der Waals surface area (Å²) in [4.78, 5) is 66.7. The minimum absolute atomic E-state index is 0.0153. The molecule has 1 unspecified atom stereocenters. The van der Waals surface area contributed by atoms with E-state index in [4.69, 9.17) is 13.1 Å². The molecule has 4 amide bonds. The quantitative estimate of drug-likeness (QED) is 0.336. The second-order valence-electron chi connectivity index (χ2n) is 8.03. The van der Waals surface area contributed by atoms with Crippen molar-refractivity contribution < 1.29 is 37.0 Å². The summed E-state index contributed by atoms with van der Waals surface area (Å²) >= 11 is 0. The van der Waals surface area contributed by atoms with Gasteiger partial charge >= 0.3 is 5.97 Å². The van der Waals surface area contributed by atoms with Crippen molar-refractivity contribution in [2.75, 3.05) is 46.7 Å². The summed E-state index contributed by atoms with van der Waals surface area (Å²) in [5, 5.41) is 5.46. The Morgan fingerprint density at radius 3 is 2.39 bits per heavy atom. The maximum atomic E-state index is 13.0. The van der Waals surface area contributed by atoms with Crippen molar-refractivity contribution in [2.45, 2.75) is 45.6 Å². The van der Waals surface area contributed by atoms with Crippen molar-refractivity contribution in [3.8, 4) is 0 Å². The smallest absolute Gasteiger partial charge is 0.334 e. The van der Waals surface area contributed by atoms with Crippen LogP contribution in [0.1, 0.15) is 47.8 Å². The number of hydrogen-bond donors (Lipinski definition) is 2. The number of piperazine rings is 1. The van der Waals surface area contributed by atoms with Crippen LogP contribution in [-0.2, 0) is 28.8 Å². The van der Waals surface area contributed by atoms with Crippen LogP contribution in [0, 0.1) is 5.41 Å². The number of hydrogen-bond acceptors (Lipinski definition) is 8. The minimum Gasteiger partial charge on any atom is -0.355 e. The van der Waals surface area contributed by atoms with E-state index >= 15 is 0 Å². The van der Waals surface area contributed by atoms with Crippen molar-refractivity contribution in [3.63, 3.8) is 0 Å². The third-order valence-electron chi connectivity index (χ3n) is 5.29.